The molecule has 0 saturated carbocycles. The summed E-state index contributed by atoms with van der Waals surface area (Å²) in [6.07, 6.45) is -0.260. The number of hydrogen-bond acceptors (Lipinski definition) is 8. The van der Waals surface area contributed by atoms with E-state index in [2.05, 4.69) is 5.32 Å². The van der Waals surface area contributed by atoms with Gasteiger partial charge in [0.25, 0.3) is 5.69 Å². The first kappa shape index (κ1) is 24.0. The highest BCUT2D eigenvalue weighted by Gasteiger charge is 2.32. The molecule has 29 heavy (non-hydrogen) atoms. The molecule has 0 radical (unpaired) electrons. The van der Waals surface area contributed by atoms with Crippen LogP contribution in [0.4, 0.5) is 5.69 Å². The topological polar surface area (TPSA) is 160 Å². The number of nitrogens with two attached hydrogens (primary N) is 1. The summed E-state index contributed by atoms with van der Waals surface area (Å²) >= 11 is 0. The number of esters is 1. The Balaban J connectivity index is 3.04. The third-order valence-electron chi connectivity index (χ3n) is 3.91. The Morgan fingerprint density at radius 1 is 1.21 bits per heavy atom. The number of benzene rings is 1. The van der Waals surface area contributed by atoms with E-state index in [1.165, 1.54) is 31.4 Å². The van der Waals surface area contributed by atoms with Gasteiger partial charge in [-0.05, 0) is 12.5 Å². The molecule has 0 unspecified atom stereocenters. The number of amides is 2. The van der Waals surface area contributed by atoms with E-state index in [9.17, 15) is 24.5 Å². The molecule has 11 nitrogen and oxygen atoms in total. The molecule has 0 fully saturated rings. The van der Waals surface area contributed by atoms with Crippen molar-refractivity contribution in [3.05, 3.63) is 39.9 Å². The number of nitro groups is 1. The Morgan fingerprint density at radius 3 is 2.38 bits per heavy atom. The molecule has 3 N–H and O–H groups in total. The predicted molar refractivity (Wildman–Crippen MR) is 101 cm³/mol. The number of carbonyl (C=O) groups is 3. The molecule has 0 aliphatic rings. The van der Waals surface area contributed by atoms with Crippen LogP contribution in [-0.4, -0.2) is 62.3 Å². The van der Waals surface area contributed by atoms with Gasteiger partial charge in [-0.15, -0.1) is 0 Å². The molecule has 2 atom stereocenters. The van der Waals surface area contributed by atoms with Gasteiger partial charge in [-0.3, -0.25) is 24.5 Å². The van der Waals surface area contributed by atoms with Crippen molar-refractivity contribution in [2.45, 2.75) is 25.3 Å². The molecule has 160 valence electrons. The number of nitrogens with one attached hydrogen (secondary N) is 1. The van der Waals surface area contributed by atoms with Crippen molar-refractivity contribution in [3.8, 4) is 0 Å². The Bertz CT molecular complexity index is 708. The smallest absolute Gasteiger partial charge is 0.306 e. The van der Waals surface area contributed by atoms with Crippen molar-refractivity contribution in [3.63, 3.8) is 0 Å². The third-order valence-corrected chi connectivity index (χ3v) is 3.91. The SMILES string of the molecule is CCOC(=O)C[C@@H](c1ccc([N+](=O)[O-])cc1)[C@@H](NC(=O)COCCOC)C(N)=O. The van der Waals surface area contributed by atoms with E-state index < -0.39 is 34.7 Å². The second-order valence-electron chi connectivity index (χ2n) is 5.96. The number of nitrogens with zero attached hydrogens (tertiary/aromatic N) is 1. The first-order chi connectivity index (χ1) is 13.8. The average Bonchev–Trinajstić information content (AvgIpc) is 2.68. The standard InChI is InChI=1S/C18H25N3O8/c1-3-29-16(23)10-14(12-4-6-13(7-5-12)21(25)26)17(18(19)24)20-15(22)11-28-9-8-27-2/h4-7,14,17H,3,8-11H2,1-2H3,(H2,19,24)(H,20,22)/t14-,17+/m0/s1. The van der Waals surface area contributed by atoms with Crippen LogP contribution >= 0.6 is 0 Å². The molecule has 0 spiro atoms. The van der Waals surface area contributed by atoms with Crippen molar-refractivity contribution >= 4 is 23.5 Å². The molecule has 0 aliphatic heterocycles. The Morgan fingerprint density at radius 2 is 1.86 bits per heavy atom. The number of rotatable bonds is 13. The fraction of sp³-hybridized carbons (Fsp3) is 0.500. The van der Waals surface area contributed by atoms with Gasteiger partial charge in [-0.1, -0.05) is 12.1 Å². The van der Waals surface area contributed by atoms with E-state index in [0.29, 0.717) is 12.2 Å². The fourth-order valence-corrected chi connectivity index (χ4v) is 2.56. The van der Waals surface area contributed by atoms with E-state index in [-0.39, 0.29) is 31.9 Å². The quantitative estimate of drug-likeness (QED) is 0.202. The average molecular weight is 411 g/mol. The second-order valence-corrected chi connectivity index (χ2v) is 5.96. The highest BCUT2D eigenvalue weighted by Crippen LogP contribution is 2.26. The van der Waals surface area contributed by atoms with Crippen molar-refractivity contribution in [1.29, 1.82) is 0 Å². The van der Waals surface area contributed by atoms with E-state index in [1.54, 1.807) is 6.92 Å². The largest absolute Gasteiger partial charge is 0.466 e. The first-order valence-electron chi connectivity index (χ1n) is 8.85. The molecule has 0 bridgehead atoms. The van der Waals surface area contributed by atoms with Crippen LogP contribution in [0.1, 0.15) is 24.8 Å². The Labute approximate surface area is 167 Å². The molecule has 0 saturated heterocycles. The maximum atomic E-state index is 12.1. The zero-order chi connectivity index (χ0) is 21.8. The number of nitro benzene ring substituents is 1. The van der Waals surface area contributed by atoms with Crippen LogP contribution in [0.5, 0.6) is 0 Å². The highest BCUT2D eigenvalue weighted by molar-refractivity contribution is 5.88. The number of non-ortho nitro benzene ring substituents is 1. The zero-order valence-corrected chi connectivity index (χ0v) is 16.3. The molecule has 0 aromatic heterocycles. The number of ether oxygens (including phenoxy) is 3. The van der Waals surface area contributed by atoms with Crippen LogP contribution in [0.25, 0.3) is 0 Å². The summed E-state index contributed by atoms with van der Waals surface area (Å²) < 4.78 is 14.8. The van der Waals surface area contributed by atoms with Crippen LogP contribution in [-0.2, 0) is 28.6 Å². The van der Waals surface area contributed by atoms with Gasteiger partial charge in [0.1, 0.15) is 12.6 Å². The fourth-order valence-electron chi connectivity index (χ4n) is 2.56. The Kier molecular flexibility index (Phi) is 10.3. The minimum absolute atomic E-state index is 0.132. The van der Waals surface area contributed by atoms with Gasteiger partial charge in [-0.25, -0.2) is 0 Å². The lowest BCUT2D eigenvalue weighted by Crippen LogP contribution is -2.49. The maximum Gasteiger partial charge on any atom is 0.306 e. The van der Waals surface area contributed by atoms with Crippen LogP contribution in [0, 0.1) is 10.1 Å². The Hall–Kier alpha value is -3.05. The van der Waals surface area contributed by atoms with Gasteiger partial charge in [0, 0.05) is 25.2 Å². The normalized spacial score (nSPS) is 12.6. The van der Waals surface area contributed by atoms with Crippen LogP contribution in [0.2, 0.25) is 0 Å². The summed E-state index contributed by atoms with van der Waals surface area (Å²) in [5.74, 6) is -2.97. The number of primary amides is 1. The van der Waals surface area contributed by atoms with Gasteiger partial charge < -0.3 is 25.3 Å². The summed E-state index contributed by atoms with van der Waals surface area (Å²) in [6, 6.07) is 4.03. The van der Waals surface area contributed by atoms with Crippen LogP contribution in [0.15, 0.2) is 24.3 Å². The summed E-state index contributed by atoms with van der Waals surface area (Å²) in [4.78, 5) is 46.5. The molecular weight excluding hydrogens is 386 g/mol. The minimum Gasteiger partial charge on any atom is -0.466 e. The lowest BCUT2D eigenvalue weighted by atomic mass is 9.87. The van der Waals surface area contributed by atoms with E-state index >= 15 is 0 Å². The summed E-state index contributed by atoms with van der Waals surface area (Å²) in [7, 11) is 1.48. The molecule has 1 aromatic rings. The molecule has 2 amide bonds. The maximum absolute atomic E-state index is 12.1. The van der Waals surface area contributed by atoms with Crippen molar-refractivity contribution in [2.75, 3.05) is 33.5 Å². The van der Waals surface area contributed by atoms with Crippen molar-refractivity contribution in [1.82, 2.24) is 5.32 Å². The van der Waals surface area contributed by atoms with Crippen LogP contribution < -0.4 is 11.1 Å². The van der Waals surface area contributed by atoms with E-state index in [1.807, 2.05) is 0 Å². The van der Waals surface area contributed by atoms with E-state index in [4.69, 9.17) is 19.9 Å². The molecule has 1 rings (SSSR count). The van der Waals surface area contributed by atoms with Gasteiger partial charge in [-0.2, -0.15) is 0 Å². The van der Waals surface area contributed by atoms with Crippen molar-refractivity contribution in [2.24, 2.45) is 5.73 Å². The lowest BCUT2D eigenvalue weighted by Gasteiger charge is -2.25. The van der Waals surface area contributed by atoms with Crippen molar-refractivity contribution < 1.29 is 33.5 Å². The predicted octanol–water partition coefficient (Wildman–Crippen LogP) is 0.265. The molecule has 11 heteroatoms. The second kappa shape index (κ2) is 12.4. The van der Waals surface area contributed by atoms with Gasteiger partial charge in [0.15, 0.2) is 0 Å². The summed E-state index contributed by atoms with van der Waals surface area (Å²) in [5, 5.41) is 13.3. The molecule has 1 aromatic carbocycles. The van der Waals surface area contributed by atoms with Gasteiger partial charge in [0.05, 0.1) is 31.2 Å². The third kappa shape index (κ3) is 8.23. The monoisotopic (exact) mass is 411 g/mol. The lowest BCUT2D eigenvalue weighted by molar-refractivity contribution is -0.384. The van der Waals surface area contributed by atoms with Gasteiger partial charge in [0.2, 0.25) is 11.8 Å². The molecule has 0 heterocycles. The molecule has 0 aliphatic carbocycles. The number of carbonyl (C=O) groups excluding carboxylic acids is 3. The first-order valence-corrected chi connectivity index (χ1v) is 8.85. The van der Waals surface area contributed by atoms with E-state index in [0.717, 1.165) is 0 Å². The zero-order valence-electron chi connectivity index (χ0n) is 16.3. The minimum atomic E-state index is -1.25. The number of methoxy groups -OCH3 is 1. The molecular formula is C18H25N3O8. The summed E-state index contributed by atoms with van der Waals surface area (Å²) in [5.41, 5.74) is 5.71. The summed E-state index contributed by atoms with van der Waals surface area (Å²) in [6.45, 7) is 1.90. The highest BCUT2D eigenvalue weighted by atomic mass is 16.6. The van der Waals surface area contributed by atoms with Crippen LogP contribution in [0.3, 0.4) is 0 Å². The van der Waals surface area contributed by atoms with Gasteiger partial charge >= 0.3 is 5.97 Å². The number of hydrogen-bond donors (Lipinski definition) is 2.